The number of likely N-dealkylation sites (N-methyl/N-ethyl adjacent to an activating group) is 1. The Morgan fingerprint density at radius 1 is 1.07 bits per heavy atom. The van der Waals surface area contributed by atoms with Crippen LogP contribution in [-0.4, -0.2) is 25.5 Å². The molecule has 0 aliphatic heterocycles. The van der Waals surface area contributed by atoms with Crippen molar-refractivity contribution in [3.63, 3.8) is 0 Å². The molecule has 84 valence electrons. The Hall–Kier alpha value is -0.820. The molecule has 0 N–H and O–H groups in total. The molecule has 1 heteroatoms. The van der Waals surface area contributed by atoms with Crippen molar-refractivity contribution in [3.8, 4) is 0 Å². The summed E-state index contributed by atoms with van der Waals surface area (Å²) in [6.07, 6.45) is 0. The van der Waals surface area contributed by atoms with Crippen molar-refractivity contribution in [2.45, 2.75) is 33.6 Å². The predicted octanol–water partition coefficient (Wildman–Crippen LogP) is 3.28. The van der Waals surface area contributed by atoms with Crippen LogP contribution in [0.2, 0.25) is 0 Å². The average molecular weight is 205 g/mol. The maximum atomic E-state index is 2.33. The lowest BCUT2D eigenvalue weighted by atomic mass is 9.93. The molecule has 1 unspecified atom stereocenters. The summed E-state index contributed by atoms with van der Waals surface area (Å²) >= 11 is 0. The third kappa shape index (κ3) is 3.07. The second kappa shape index (κ2) is 4.80. The van der Waals surface area contributed by atoms with E-state index in [9.17, 15) is 0 Å². The molecular formula is C14H23N. The van der Waals surface area contributed by atoms with Crippen molar-refractivity contribution in [2.24, 2.45) is 0 Å². The molecule has 0 saturated heterocycles. The third-order valence-corrected chi connectivity index (χ3v) is 3.16. The predicted molar refractivity (Wildman–Crippen MR) is 67.6 cm³/mol. The normalized spacial score (nSPS) is 13.3. The molecule has 1 aromatic carbocycles. The molecule has 0 aromatic heterocycles. The van der Waals surface area contributed by atoms with Gasteiger partial charge in [-0.15, -0.1) is 0 Å². The van der Waals surface area contributed by atoms with Crippen LogP contribution in [0.3, 0.4) is 0 Å². The van der Waals surface area contributed by atoms with Crippen LogP contribution in [0.25, 0.3) is 0 Å². The van der Waals surface area contributed by atoms with Gasteiger partial charge in [0, 0.05) is 6.54 Å². The lowest BCUT2D eigenvalue weighted by molar-refractivity contribution is 0.383. The molecule has 0 spiro atoms. The van der Waals surface area contributed by atoms with Crippen LogP contribution in [0.5, 0.6) is 0 Å². The van der Waals surface area contributed by atoms with Crippen LogP contribution in [0, 0.1) is 20.8 Å². The van der Waals surface area contributed by atoms with E-state index < -0.39 is 0 Å². The third-order valence-electron chi connectivity index (χ3n) is 3.16. The lowest BCUT2D eigenvalue weighted by Crippen LogP contribution is -2.18. The quantitative estimate of drug-likeness (QED) is 0.732. The maximum absolute atomic E-state index is 2.33. The molecule has 1 atom stereocenters. The summed E-state index contributed by atoms with van der Waals surface area (Å²) < 4.78 is 0. The van der Waals surface area contributed by atoms with Gasteiger partial charge < -0.3 is 4.90 Å². The first-order valence-corrected chi connectivity index (χ1v) is 5.64. The summed E-state index contributed by atoms with van der Waals surface area (Å²) in [6, 6.07) is 4.66. The van der Waals surface area contributed by atoms with E-state index in [2.05, 4.69) is 58.8 Å². The van der Waals surface area contributed by atoms with Gasteiger partial charge in [0.25, 0.3) is 0 Å². The number of hydrogen-bond donors (Lipinski definition) is 0. The van der Waals surface area contributed by atoms with E-state index >= 15 is 0 Å². The molecule has 0 fully saturated rings. The highest BCUT2D eigenvalue weighted by atomic mass is 15.1. The van der Waals surface area contributed by atoms with Crippen LogP contribution in [0.15, 0.2) is 12.1 Å². The molecule has 0 aliphatic carbocycles. The number of aryl methyl sites for hydroxylation is 2. The van der Waals surface area contributed by atoms with Crippen LogP contribution in [-0.2, 0) is 0 Å². The van der Waals surface area contributed by atoms with Gasteiger partial charge in [-0.3, -0.25) is 0 Å². The largest absolute Gasteiger partial charge is 0.309 e. The Balaban J connectivity index is 2.95. The van der Waals surface area contributed by atoms with Crippen LogP contribution >= 0.6 is 0 Å². The number of nitrogens with zero attached hydrogens (tertiary/aromatic N) is 1. The van der Waals surface area contributed by atoms with Gasteiger partial charge in [-0.05, 0) is 63.0 Å². The van der Waals surface area contributed by atoms with Crippen LogP contribution < -0.4 is 0 Å². The minimum Gasteiger partial charge on any atom is -0.309 e. The van der Waals surface area contributed by atoms with E-state index in [1.165, 1.54) is 22.3 Å². The second-order valence-electron chi connectivity index (χ2n) is 4.94. The monoisotopic (exact) mass is 205 g/mol. The summed E-state index contributed by atoms with van der Waals surface area (Å²) in [5, 5.41) is 0. The Kier molecular flexibility index (Phi) is 3.92. The minimum absolute atomic E-state index is 0.609. The number of benzene rings is 1. The highest BCUT2D eigenvalue weighted by molar-refractivity contribution is 5.38. The summed E-state index contributed by atoms with van der Waals surface area (Å²) in [5.74, 6) is 0.609. The molecular weight excluding hydrogens is 182 g/mol. The molecule has 1 rings (SSSR count). The average Bonchev–Trinajstić information content (AvgIpc) is 2.12. The molecule has 1 nitrogen and oxygen atoms in total. The van der Waals surface area contributed by atoms with Gasteiger partial charge in [-0.1, -0.05) is 19.1 Å². The van der Waals surface area contributed by atoms with Gasteiger partial charge in [0.05, 0.1) is 0 Å². The van der Waals surface area contributed by atoms with Gasteiger partial charge in [-0.25, -0.2) is 0 Å². The van der Waals surface area contributed by atoms with Crippen molar-refractivity contribution in [1.29, 1.82) is 0 Å². The summed E-state index contributed by atoms with van der Waals surface area (Å²) in [7, 11) is 4.26. The zero-order valence-electron chi connectivity index (χ0n) is 10.9. The maximum Gasteiger partial charge on any atom is 0.00415 e. The van der Waals surface area contributed by atoms with Crippen molar-refractivity contribution < 1.29 is 0 Å². The number of hydrogen-bond acceptors (Lipinski definition) is 1. The van der Waals surface area contributed by atoms with Gasteiger partial charge in [0.2, 0.25) is 0 Å². The Morgan fingerprint density at radius 2 is 1.53 bits per heavy atom. The highest BCUT2D eigenvalue weighted by Crippen LogP contribution is 2.22. The van der Waals surface area contributed by atoms with Crippen molar-refractivity contribution >= 4 is 0 Å². The van der Waals surface area contributed by atoms with Gasteiger partial charge in [0.15, 0.2) is 0 Å². The van der Waals surface area contributed by atoms with E-state index in [0.717, 1.165) is 6.54 Å². The topological polar surface area (TPSA) is 3.24 Å². The van der Waals surface area contributed by atoms with Crippen molar-refractivity contribution in [1.82, 2.24) is 4.90 Å². The first kappa shape index (κ1) is 12.3. The van der Waals surface area contributed by atoms with Crippen LogP contribution in [0.1, 0.15) is 35.1 Å². The van der Waals surface area contributed by atoms with E-state index in [1.54, 1.807) is 0 Å². The lowest BCUT2D eigenvalue weighted by Gasteiger charge is -2.19. The smallest absolute Gasteiger partial charge is 0.00415 e. The van der Waals surface area contributed by atoms with E-state index in [-0.39, 0.29) is 0 Å². The summed E-state index contributed by atoms with van der Waals surface area (Å²) in [5.41, 5.74) is 5.71. The van der Waals surface area contributed by atoms with E-state index in [1.807, 2.05) is 0 Å². The van der Waals surface area contributed by atoms with Crippen molar-refractivity contribution in [3.05, 3.63) is 34.4 Å². The molecule has 0 heterocycles. The first-order chi connectivity index (χ1) is 6.91. The van der Waals surface area contributed by atoms with Crippen LogP contribution in [0.4, 0.5) is 0 Å². The first-order valence-electron chi connectivity index (χ1n) is 5.64. The fourth-order valence-electron chi connectivity index (χ4n) is 2.01. The molecule has 15 heavy (non-hydrogen) atoms. The second-order valence-corrected chi connectivity index (χ2v) is 4.94. The minimum atomic E-state index is 0.609. The number of rotatable bonds is 3. The van der Waals surface area contributed by atoms with Gasteiger partial charge in [-0.2, -0.15) is 0 Å². The molecule has 0 radical (unpaired) electrons. The fraction of sp³-hybridized carbons (Fsp3) is 0.571. The molecule has 0 amide bonds. The Morgan fingerprint density at radius 3 is 1.93 bits per heavy atom. The van der Waals surface area contributed by atoms with E-state index in [0.29, 0.717) is 5.92 Å². The Labute approximate surface area is 94.1 Å². The van der Waals surface area contributed by atoms with Crippen molar-refractivity contribution in [2.75, 3.05) is 20.6 Å². The SMILES string of the molecule is Cc1cc(C(C)CN(C)C)cc(C)c1C. The van der Waals surface area contributed by atoms with E-state index in [4.69, 9.17) is 0 Å². The highest BCUT2D eigenvalue weighted by Gasteiger charge is 2.09. The molecule has 0 bridgehead atoms. The van der Waals surface area contributed by atoms with Gasteiger partial charge >= 0.3 is 0 Å². The van der Waals surface area contributed by atoms with Gasteiger partial charge in [0.1, 0.15) is 0 Å². The zero-order valence-corrected chi connectivity index (χ0v) is 10.9. The molecule has 1 aromatic rings. The molecule has 0 aliphatic rings. The zero-order chi connectivity index (χ0) is 11.6. The summed E-state index contributed by atoms with van der Waals surface area (Å²) in [6.45, 7) is 10.0. The summed E-state index contributed by atoms with van der Waals surface area (Å²) in [4.78, 5) is 2.25. The fourth-order valence-corrected chi connectivity index (χ4v) is 2.01. The standard InChI is InChI=1S/C14H23N/c1-10-7-14(8-11(2)13(10)4)12(3)9-15(5)6/h7-8,12H,9H2,1-6H3. The Bertz CT molecular complexity index is 316. The molecule has 0 saturated carbocycles.